The van der Waals surface area contributed by atoms with Crippen molar-refractivity contribution in [3.05, 3.63) is 57.6 Å². The van der Waals surface area contributed by atoms with Gasteiger partial charge in [0.05, 0.1) is 11.1 Å². The van der Waals surface area contributed by atoms with Gasteiger partial charge in [0.25, 0.3) is 0 Å². The van der Waals surface area contributed by atoms with Crippen LogP contribution in [0.4, 0.5) is 13.2 Å². The van der Waals surface area contributed by atoms with Crippen molar-refractivity contribution in [2.24, 2.45) is 5.73 Å². The highest BCUT2D eigenvalue weighted by Gasteiger charge is 2.38. The average molecular weight is 334 g/mol. The second-order valence-corrected chi connectivity index (χ2v) is 5.06. The van der Waals surface area contributed by atoms with E-state index in [4.69, 9.17) is 28.9 Å². The van der Waals surface area contributed by atoms with E-state index in [0.717, 1.165) is 6.07 Å². The number of nitrogens with two attached hydrogens (primary N) is 1. The first kappa shape index (κ1) is 15.7. The summed E-state index contributed by atoms with van der Waals surface area (Å²) in [5.74, 6) is -1.16. The molecule has 2 aromatic carbocycles. The van der Waals surface area contributed by atoms with Crippen molar-refractivity contribution in [1.82, 2.24) is 0 Å². The standard InChI is InChI=1S/C14H8Cl2F3NO/c15-7-4-5-11(16)10(6-7)8-2-1-3-9(13(20)21)12(8)14(17,18)19/h1-6H,(H2,20,21). The lowest BCUT2D eigenvalue weighted by Gasteiger charge is -2.17. The van der Waals surface area contributed by atoms with E-state index in [0.29, 0.717) is 0 Å². The fourth-order valence-electron chi connectivity index (χ4n) is 1.99. The van der Waals surface area contributed by atoms with Crippen LogP contribution in [0.15, 0.2) is 36.4 Å². The van der Waals surface area contributed by atoms with Crippen LogP contribution in [0.5, 0.6) is 0 Å². The summed E-state index contributed by atoms with van der Waals surface area (Å²) >= 11 is 11.7. The number of carbonyl (C=O) groups excluding carboxylic acids is 1. The lowest BCUT2D eigenvalue weighted by Crippen LogP contribution is -2.19. The third-order valence-corrected chi connectivity index (χ3v) is 3.40. The SMILES string of the molecule is NC(=O)c1cccc(-c2cc(Cl)ccc2Cl)c1C(F)(F)F. The normalized spacial score (nSPS) is 11.5. The van der Waals surface area contributed by atoms with Gasteiger partial charge in [-0.3, -0.25) is 4.79 Å². The molecule has 7 heteroatoms. The van der Waals surface area contributed by atoms with E-state index in [-0.39, 0.29) is 21.2 Å². The molecular formula is C14H8Cl2F3NO. The summed E-state index contributed by atoms with van der Waals surface area (Å²) in [6.45, 7) is 0. The van der Waals surface area contributed by atoms with Crippen LogP contribution >= 0.6 is 23.2 Å². The van der Waals surface area contributed by atoms with Crippen molar-refractivity contribution in [3.63, 3.8) is 0 Å². The van der Waals surface area contributed by atoms with Gasteiger partial charge in [-0.05, 0) is 29.8 Å². The summed E-state index contributed by atoms with van der Waals surface area (Å²) in [5, 5.41) is 0.318. The molecule has 0 atom stereocenters. The summed E-state index contributed by atoms with van der Waals surface area (Å²) in [6, 6.07) is 7.69. The lowest BCUT2D eigenvalue weighted by atomic mass is 9.94. The Morgan fingerprint density at radius 3 is 2.29 bits per heavy atom. The van der Waals surface area contributed by atoms with Crippen molar-refractivity contribution in [3.8, 4) is 11.1 Å². The van der Waals surface area contributed by atoms with Gasteiger partial charge in [-0.15, -0.1) is 0 Å². The number of primary amides is 1. The second kappa shape index (κ2) is 5.58. The molecule has 0 bridgehead atoms. The van der Waals surface area contributed by atoms with Gasteiger partial charge in [0.15, 0.2) is 0 Å². The van der Waals surface area contributed by atoms with Crippen LogP contribution in [0.25, 0.3) is 11.1 Å². The number of rotatable bonds is 2. The minimum absolute atomic E-state index is 0.0830. The lowest BCUT2D eigenvalue weighted by molar-refractivity contribution is -0.137. The molecule has 2 rings (SSSR count). The summed E-state index contributed by atoms with van der Waals surface area (Å²) in [7, 11) is 0. The van der Waals surface area contributed by atoms with Gasteiger partial charge in [0, 0.05) is 15.6 Å². The maximum atomic E-state index is 13.3. The van der Waals surface area contributed by atoms with Gasteiger partial charge >= 0.3 is 6.18 Å². The van der Waals surface area contributed by atoms with E-state index < -0.39 is 23.2 Å². The fraction of sp³-hybridized carbons (Fsp3) is 0.0714. The van der Waals surface area contributed by atoms with Crippen LogP contribution in [-0.4, -0.2) is 5.91 Å². The monoisotopic (exact) mass is 333 g/mol. The topological polar surface area (TPSA) is 43.1 Å². The fourth-order valence-corrected chi connectivity index (χ4v) is 2.38. The zero-order chi connectivity index (χ0) is 15.8. The predicted octanol–water partition coefficient (Wildman–Crippen LogP) is 4.78. The maximum absolute atomic E-state index is 13.3. The van der Waals surface area contributed by atoms with Gasteiger partial charge in [-0.2, -0.15) is 13.2 Å². The van der Waals surface area contributed by atoms with Crippen LogP contribution in [0.2, 0.25) is 10.0 Å². The van der Waals surface area contributed by atoms with Crippen LogP contribution < -0.4 is 5.73 Å². The predicted molar refractivity (Wildman–Crippen MR) is 75.4 cm³/mol. The molecule has 21 heavy (non-hydrogen) atoms. The Bertz CT molecular complexity index is 714. The van der Waals surface area contributed by atoms with Crippen LogP contribution in [0.1, 0.15) is 15.9 Å². The molecule has 0 aliphatic rings. The first-order valence-electron chi connectivity index (χ1n) is 5.67. The molecule has 0 unspecified atom stereocenters. The van der Waals surface area contributed by atoms with Gasteiger partial charge in [-0.25, -0.2) is 0 Å². The van der Waals surface area contributed by atoms with Crippen LogP contribution in [0, 0.1) is 0 Å². The third kappa shape index (κ3) is 3.14. The number of benzene rings is 2. The van der Waals surface area contributed by atoms with E-state index in [9.17, 15) is 18.0 Å². The maximum Gasteiger partial charge on any atom is 0.417 e. The summed E-state index contributed by atoms with van der Waals surface area (Å²) < 4.78 is 39.9. The zero-order valence-electron chi connectivity index (χ0n) is 10.3. The third-order valence-electron chi connectivity index (χ3n) is 2.83. The molecule has 0 saturated heterocycles. The molecule has 0 heterocycles. The molecule has 0 fully saturated rings. The smallest absolute Gasteiger partial charge is 0.366 e. The summed E-state index contributed by atoms with van der Waals surface area (Å²) in [5.41, 5.74) is 3.13. The molecule has 0 aromatic heterocycles. The Labute approximate surface area is 128 Å². The molecule has 2 N–H and O–H groups in total. The van der Waals surface area contributed by atoms with Crippen LogP contribution in [-0.2, 0) is 6.18 Å². The quantitative estimate of drug-likeness (QED) is 0.844. The second-order valence-electron chi connectivity index (χ2n) is 4.21. The minimum Gasteiger partial charge on any atom is -0.366 e. The van der Waals surface area contributed by atoms with Crippen LogP contribution in [0.3, 0.4) is 0 Å². The molecule has 2 nitrogen and oxygen atoms in total. The largest absolute Gasteiger partial charge is 0.417 e. The Hall–Kier alpha value is -1.72. The molecule has 0 radical (unpaired) electrons. The summed E-state index contributed by atoms with van der Waals surface area (Å²) in [6.07, 6.45) is -4.76. The van der Waals surface area contributed by atoms with Crippen molar-refractivity contribution in [2.45, 2.75) is 6.18 Å². The highest BCUT2D eigenvalue weighted by atomic mass is 35.5. The van der Waals surface area contributed by atoms with E-state index in [1.807, 2.05) is 0 Å². The highest BCUT2D eigenvalue weighted by molar-refractivity contribution is 6.35. The van der Waals surface area contributed by atoms with Crippen molar-refractivity contribution in [2.75, 3.05) is 0 Å². The van der Waals surface area contributed by atoms with Gasteiger partial charge < -0.3 is 5.73 Å². The number of carbonyl (C=O) groups is 1. The Balaban J connectivity index is 2.84. The molecule has 2 aromatic rings. The molecule has 110 valence electrons. The van der Waals surface area contributed by atoms with E-state index in [2.05, 4.69) is 0 Å². The van der Waals surface area contributed by atoms with Crippen molar-refractivity contribution < 1.29 is 18.0 Å². The Morgan fingerprint density at radius 2 is 1.71 bits per heavy atom. The first-order valence-corrected chi connectivity index (χ1v) is 6.43. The molecular weight excluding hydrogens is 326 g/mol. The van der Waals surface area contributed by atoms with Crippen molar-refractivity contribution in [1.29, 1.82) is 0 Å². The Kier molecular flexibility index (Phi) is 4.16. The van der Waals surface area contributed by atoms with E-state index >= 15 is 0 Å². The number of halogens is 5. The summed E-state index contributed by atoms with van der Waals surface area (Å²) in [4.78, 5) is 11.3. The van der Waals surface area contributed by atoms with Gasteiger partial charge in [-0.1, -0.05) is 35.3 Å². The first-order chi connectivity index (χ1) is 9.71. The van der Waals surface area contributed by atoms with E-state index in [1.165, 1.54) is 30.3 Å². The molecule has 1 amide bonds. The average Bonchev–Trinajstić information content (AvgIpc) is 2.39. The highest BCUT2D eigenvalue weighted by Crippen LogP contribution is 2.42. The van der Waals surface area contributed by atoms with Gasteiger partial charge in [0.2, 0.25) is 5.91 Å². The minimum atomic E-state index is -4.76. The van der Waals surface area contributed by atoms with Crippen molar-refractivity contribution >= 4 is 29.1 Å². The van der Waals surface area contributed by atoms with E-state index in [1.54, 1.807) is 0 Å². The molecule has 0 spiro atoms. The van der Waals surface area contributed by atoms with Gasteiger partial charge in [0.1, 0.15) is 0 Å². The number of hydrogen-bond donors (Lipinski definition) is 1. The number of hydrogen-bond acceptors (Lipinski definition) is 1. The molecule has 0 aliphatic heterocycles. The molecule has 0 aliphatic carbocycles. The number of amides is 1. The Morgan fingerprint density at radius 1 is 1.05 bits per heavy atom. The molecule has 0 saturated carbocycles. The number of alkyl halides is 3. The zero-order valence-corrected chi connectivity index (χ0v) is 11.9.